The highest BCUT2D eigenvalue weighted by molar-refractivity contribution is 8.77. The van der Waals surface area contributed by atoms with Crippen molar-refractivity contribution in [1.82, 2.24) is 68.1 Å². The van der Waals surface area contributed by atoms with Crippen molar-refractivity contribution >= 4 is 143 Å². The number of benzene rings is 3. The highest BCUT2D eigenvalue weighted by Crippen LogP contribution is 2.47. The maximum absolute atomic E-state index is 16.3. The lowest BCUT2D eigenvalue weighted by Crippen LogP contribution is -2.63. The fraction of sp³-hybridized carbons (Fsp3) is 0.573. The third-order valence-corrected chi connectivity index (χ3v) is 26.5. The van der Waals surface area contributed by atoms with E-state index in [-0.39, 0.29) is 107 Å². The molecule has 0 spiro atoms. The Labute approximate surface area is 737 Å². The number of carbonyl (C=O) groups is 17. The summed E-state index contributed by atoms with van der Waals surface area (Å²) in [6.07, 6.45) is 1.05. The number of amides is 12. The molecule has 0 saturated carbocycles. The summed E-state index contributed by atoms with van der Waals surface area (Å²) in [4.78, 5) is 254. The lowest BCUT2D eigenvalue weighted by molar-refractivity contribution is -0.140. The molecule has 684 valence electrons. The molecule has 0 bridgehead atoms. The van der Waals surface area contributed by atoms with E-state index in [1.54, 1.807) is 52.1 Å². The summed E-state index contributed by atoms with van der Waals surface area (Å²) in [5, 5.41) is 40.7. The topological polar surface area (TPSA) is 553 Å². The van der Waals surface area contributed by atoms with Gasteiger partial charge in [0.25, 0.3) is 0 Å². The number of hydrogen-bond donors (Lipinski definition) is 16. The van der Waals surface area contributed by atoms with E-state index in [4.69, 9.17) is 17.2 Å². The molecular weight excluding hydrogens is 1650 g/mol. The van der Waals surface area contributed by atoms with Crippen molar-refractivity contribution in [2.24, 2.45) is 40.4 Å². The summed E-state index contributed by atoms with van der Waals surface area (Å²) in [6.45, 7) is 20.1. The smallest absolute Gasteiger partial charge is 0.245 e. The van der Waals surface area contributed by atoms with Gasteiger partial charge in [-0.3, -0.25) is 76.7 Å². The van der Waals surface area contributed by atoms with Gasteiger partial charge in [0.15, 0.2) is 23.1 Å². The van der Waals surface area contributed by atoms with Crippen LogP contribution in [0.15, 0.2) is 79.4 Å². The number of nitrogens with one attached hydrogen (secondary N) is 12. The molecule has 0 aliphatic carbocycles. The highest BCUT2D eigenvalue weighted by atomic mass is 33.1. The third-order valence-electron chi connectivity index (χ3n) is 22.3. The number of aromatic amines is 2. The van der Waals surface area contributed by atoms with E-state index in [1.165, 1.54) is 47.1 Å². The van der Waals surface area contributed by atoms with Crippen molar-refractivity contribution in [3.05, 3.63) is 102 Å². The fourth-order valence-electron chi connectivity index (χ4n) is 15.2. The standard InChI is InChI=1S/C89H128N16O18S2/c1-49(2)36-66(52(5)107)99-80(117)60(43-73(91)114)41-70(111)64(29-19-22-35-94-54(7)109)103-86(123)89(13,33-20-21-34-90)45-72(113)67(38-56-31-32-57-26-17-18-27-58(57)37-56)100-79(116)59(39-62-47-93-48-96-62)42-71(112)77-87(9,10)124-125-88(11,12)78(97-55(8)110)85(122)102-69(44-74(92)115)83(120)104-76(53(6)108)84(121)101-68(40-61-46-95-75-50(3)24-23-28-63(61)75)82(119)98-65(81(118)105-77)30-16-14-15-25-51(4)106/h17-18,23-24,26-28,31-32,37,46-49,53,59-60,64-69,76-78,95,108H,14-16,19-22,25,29-30,33-36,38-45,90H2,1-13H3,(H2,91,114)(H2,92,115)(H,93,96)(H,94,109)(H,97,110)(H,98,119)(H,99,117)(H,100,116)(H,101,121)(H,102,122)(H,103,123)(H,104,120)(H,105,118)/t53-,59-,60+,64+,65+,66-,67+,68+,69+,76+,77-,78-,89-/m1/s1. The van der Waals surface area contributed by atoms with Gasteiger partial charge in [0.1, 0.15) is 42.0 Å². The molecule has 6 rings (SSSR count). The Morgan fingerprint density at radius 2 is 1.28 bits per heavy atom. The zero-order valence-corrected chi connectivity index (χ0v) is 75.6. The van der Waals surface area contributed by atoms with E-state index < -0.39 is 202 Å². The van der Waals surface area contributed by atoms with Crippen LogP contribution in [-0.2, 0) is 101 Å². The minimum atomic E-state index is -1.90. The van der Waals surface area contributed by atoms with E-state index in [9.17, 15) is 57.8 Å². The first kappa shape index (κ1) is 103. The molecule has 3 heterocycles. The monoisotopic (exact) mass is 1770 g/mol. The van der Waals surface area contributed by atoms with Crippen molar-refractivity contribution in [1.29, 1.82) is 0 Å². The van der Waals surface area contributed by atoms with Crippen molar-refractivity contribution in [3.63, 3.8) is 0 Å². The number of aliphatic hydroxyl groups excluding tert-OH is 1. The number of rotatable bonds is 45. The van der Waals surface area contributed by atoms with Gasteiger partial charge in [-0.1, -0.05) is 122 Å². The zero-order chi connectivity index (χ0) is 92.8. The normalized spacial score (nSPS) is 19.8. The molecule has 1 saturated heterocycles. The van der Waals surface area contributed by atoms with Crippen LogP contribution in [0.25, 0.3) is 21.7 Å². The number of imidazole rings is 1. The molecular formula is C89H128N16O18S2. The Hall–Kier alpha value is -10.7. The number of aryl methyl sites for hydroxylation is 1. The van der Waals surface area contributed by atoms with Gasteiger partial charge in [-0.2, -0.15) is 0 Å². The molecule has 13 atom stereocenters. The first-order chi connectivity index (χ1) is 58.8. The molecule has 1 aliphatic heterocycles. The summed E-state index contributed by atoms with van der Waals surface area (Å²) in [5.41, 5.74) is 18.6. The van der Waals surface area contributed by atoms with Crippen LogP contribution in [0.3, 0.4) is 0 Å². The number of carbonyl (C=O) groups excluding carboxylic acids is 17. The number of unbranched alkanes of at least 4 members (excludes halogenated alkanes) is 4. The Morgan fingerprint density at radius 3 is 1.91 bits per heavy atom. The van der Waals surface area contributed by atoms with Gasteiger partial charge in [-0.05, 0) is 153 Å². The van der Waals surface area contributed by atoms with E-state index in [1.807, 2.05) is 63.2 Å². The second kappa shape index (κ2) is 48.7. The molecule has 0 radical (unpaired) electrons. The van der Waals surface area contributed by atoms with Crippen LogP contribution >= 0.6 is 21.6 Å². The molecule has 5 aromatic rings. The highest BCUT2D eigenvalue weighted by Gasteiger charge is 2.47. The number of nitrogens with zero attached hydrogens (tertiary/aromatic N) is 1. The first-order valence-corrected chi connectivity index (χ1v) is 44.8. The second-order valence-corrected chi connectivity index (χ2v) is 38.2. The van der Waals surface area contributed by atoms with Crippen molar-refractivity contribution < 1.29 is 86.6 Å². The van der Waals surface area contributed by atoms with Gasteiger partial charge in [-0.15, -0.1) is 0 Å². The molecule has 1 aliphatic rings. The predicted octanol–water partition coefficient (Wildman–Crippen LogP) is 4.57. The maximum atomic E-state index is 16.3. The van der Waals surface area contributed by atoms with Crippen LogP contribution in [0, 0.1) is 30.1 Å². The number of Topliss-reactive ketones (excluding diaryl/α,β-unsaturated/α-hetero) is 5. The summed E-state index contributed by atoms with van der Waals surface area (Å²) < 4.78 is -3.06. The Bertz CT molecular complexity index is 4660. The molecule has 19 N–H and O–H groups in total. The van der Waals surface area contributed by atoms with Gasteiger partial charge in [0, 0.05) is 104 Å². The van der Waals surface area contributed by atoms with Crippen LogP contribution in [0.2, 0.25) is 0 Å². The van der Waals surface area contributed by atoms with Crippen LogP contribution in [0.1, 0.15) is 215 Å². The van der Waals surface area contributed by atoms with Crippen LogP contribution in [0.5, 0.6) is 0 Å². The van der Waals surface area contributed by atoms with Crippen molar-refractivity contribution in [2.75, 3.05) is 13.1 Å². The van der Waals surface area contributed by atoms with Gasteiger partial charge < -0.3 is 90.2 Å². The van der Waals surface area contributed by atoms with Crippen LogP contribution < -0.4 is 70.4 Å². The Morgan fingerprint density at radius 1 is 0.624 bits per heavy atom. The van der Waals surface area contributed by atoms with E-state index in [0.717, 1.165) is 44.8 Å². The van der Waals surface area contributed by atoms with Gasteiger partial charge in [-0.25, -0.2) is 4.98 Å². The summed E-state index contributed by atoms with van der Waals surface area (Å²) in [5.74, 6) is -16.2. The van der Waals surface area contributed by atoms with E-state index >= 15 is 28.8 Å². The number of H-pyrrole nitrogens is 2. The molecule has 36 heteroatoms. The molecule has 34 nitrogen and oxygen atoms in total. The van der Waals surface area contributed by atoms with E-state index in [2.05, 4.69) is 68.1 Å². The average molecular weight is 1770 g/mol. The largest absolute Gasteiger partial charge is 0.391 e. The molecule has 2 aromatic heterocycles. The quantitative estimate of drug-likeness (QED) is 0.0187. The number of nitrogens with two attached hydrogens (primary N) is 3. The fourth-order valence-corrected chi connectivity index (χ4v) is 18.0. The van der Waals surface area contributed by atoms with Gasteiger partial charge in [0.2, 0.25) is 70.9 Å². The maximum Gasteiger partial charge on any atom is 0.245 e. The summed E-state index contributed by atoms with van der Waals surface area (Å²) >= 11 is 0. The third kappa shape index (κ3) is 32.6. The lowest BCUT2D eigenvalue weighted by atomic mass is 9.77. The number of para-hydroxylation sites is 1. The van der Waals surface area contributed by atoms with Gasteiger partial charge >= 0.3 is 0 Å². The predicted molar refractivity (Wildman–Crippen MR) is 476 cm³/mol. The molecule has 0 unspecified atom stereocenters. The molecule has 3 aromatic carbocycles. The minimum absolute atomic E-state index is 0.00189. The Balaban J connectivity index is 1.50. The Kier molecular flexibility index (Phi) is 40.1. The average Bonchev–Trinajstić information content (AvgIpc) is 1.74. The zero-order valence-electron chi connectivity index (χ0n) is 74.0. The lowest BCUT2D eigenvalue weighted by Gasteiger charge is -2.39. The molecule has 1 fully saturated rings. The van der Waals surface area contributed by atoms with Crippen molar-refractivity contribution in [2.45, 2.75) is 288 Å². The number of aliphatic hydroxyl groups is 1. The van der Waals surface area contributed by atoms with Crippen LogP contribution in [-0.4, -0.2) is 203 Å². The van der Waals surface area contributed by atoms with Gasteiger partial charge in [0.05, 0.1) is 54.2 Å². The number of hydrogen-bond acceptors (Lipinski definition) is 22. The van der Waals surface area contributed by atoms with E-state index in [0.29, 0.717) is 53.4 Å². The summed E-state index contributed by atoms with van der Waals surface area (Å²) in [7, 11) is 1.93. The minimum Gasteiger partial charge on any atom is -0.391 e. The SMILES string of the molecule is CC(=O)CCCCC[C@@H]1NC(=O)[C@H](Cc2c[nH]c3c(C)cccc23)NC(=O)[C@H]([C@@H](C)O)NC(=O)[C@H](CC(N)=O)NC(=O)[C@@H](NC(C)=O)C(C)(C)SSC(C)(C)[C@@H](C(=O)C[C@@H](Cc2cnc[nH]2)C(=O)N[C@@H](Cc2ccc3ccccc3c2)C(=O)C[C@@](C)(CCCCN)C(=O)N[C@@H](CCCCNC(C)=O)C(=O)C[C@@H](CC(N)=O)C(=O)N[C@H](CC(C)C)C(C)=O)NC1=O. The molecule has 125 heavy (non-hydrogen) atoms. The summed E-state index contributed by atoms with van der Waals surface area (Å²) in [6, 6.07) is 4.28. The number of aromatic nitrogens is 3. The number of ketones is 5. The van der Waals surface area contributed by atoms with Crippen LogP contribution in [0.4, 0.5) is 0 Å². The second-order valence-electron chi connectivity index (χ2n) is 34.7. The number of primary amides is 2. The number of fused-ring (bicyclic) bond motifs is 2. The first-order valence-electron chi connectivity index (χ1n) is 42.7. The molecule has 12 amide bonds. The van der Waals surface area contributed by atoms with Crippen molar-refractivity contribution in [3.8, 4) is 0 Å².